The fourth-order valence-electron chi connectivity index (χ4n) is 4.07. The summed E-state index contributed by atoms with van der Waals surface area (Å²) in [6, 6.07) is 17.2. The van der Waals surface area contributed by atoms with E-state index in [2.05, 4.69) is 4.90 Å². The van der Waals surface area contributed by atoms with Crippen LogP contribution < -0.4 is 10.6 Å². The van der Waals surface area contributed by atoms with Crippen molar-refractivity contribution >= 4 is 35.6 Å². The number of rotatable bonds is 4. The third kappa shape index (κ3) is 4.71. The van der Waals surface area contributed by atoms with Crippen molar-refractivity contribution in [1.82, 2.24) is 9.80 Å². The molecule has 4 rings (SSSR count). The second-order valence-corrected chi connectivity index (χ2v) is 7.47. The molecular weight excluding hydrogens is 388 g/mol. The van der Waals surface area contributed by atoms with Crippen molar-refractivity contribution in [3.05, 3.63) is 60.2 Å². The van der Waals surface area contributed by atoms with Crippen LogP contribution in [0.1, 0.15) is 12.0 Å². The molecular formula is C22H27ClN4O2. The largest absolute Gasteiger partial charge is 0.399 e. The SMILES string of the molecule is Cl.Nc1ccc(CC(=O)N2CCN(C3CCN(c4ccccc4)C3=O)CC2)cc1. The van der Waals surface area contributed by atoms with Crippen LogP contribution in [0.3, 0.4) is 0 Å². The number of anilines is 2. The van der Waals surface area contributed by atoms with Gasteiger partial charge >= 0.3 is 0 Å². The quantitative estimate of drug-likeness (QED) is 0.778. The van der Waals surface area contributed by atoms with E-state index in [1.165, 1.54) is 0 Å². The van der Waals surface area contributed by atoms with Crippen LogP contribution in [0.5, 0.6) is 0 Å². The summed E-state index contributed by atoms with van der Waals surface area (Å²) in [5, 5.41) is 0. The Hall–Kier alpha value is -2.57. The van der Waals surface area contributed by atoms with Gasteiger partial charge < -0.3 is 15.5 Å². The van der Waals surface area contributed by atoms with E-state index in [1.807, 2.05) is 64.4 Å². The average molecular weight is 415 g/mol. The number of nitrogen functional groups attached to an aromatic ring is 1. The highest BCUT2D eigenvalue weighted by molar-refractivity contribution is 5.99. The highest BCUT2D eigenvalue weighted by atomic mass is 35.5. The summed E-state index contributed by atoms with van der Waals surface area (Å²) in [5.74, 6) is 0.306. The number of carbonyl (C=O) groups excluding carboxylic acids is 2. The Morgan fingerprint density at radius 3 is 2.24 bits per heavy atom. The molecule has 0 saturated carbocycles. The molecule has 2 amide bonds. The summed E-state index contributed by atoms with van der Waals surface area (Å²) in [6.45, 7) is 3.58. The number of hydrogen-bond acceptors (Lipinski definition) is 4. The van der Waals surface area contributed by atoms with E-state index in [0.29, 0.717) is 25.2 Å². The number of piperazine rings is 1. The number of nitrogens with two attached hydrogens (primary N) is 1. The Labute approximate surface area is 177 Å². The molecule has 154 valence electrons. The number of hydrogen-bond donors (Lipinski definition) is 1. The van der Waals surface area contributed by atoms with Crippen molar-refractivity contribution in [3.8, 4) is 0 Å². The van der Waals surface area contributed by atoms with Crippen LogP contribution in [-0.4, -0.2) is 60.4 Å². The molecule has 29 heavy (non-hydrogen) atoms. The van der Waals surface area contributed by atoms with E-state index in [0.717, 1.165) is 37.3 Å². The van der Waals surface area contributed by atoms with Gasteiger partial charge in [-0.15, -0.1) is 12.4 Å². The van der Waals surface area contributed by atoms with Crippen LogP contribution in [0.4, 0.5) is 11.4 Å². The van der Waals surface area contributed by atoms with Crippen molar-refractivity contribution < 1.29 is 9.59 Å². The molecule has 0 aliphatic carbocycles. The first-order chi connectivity index (χ1) is 13.6. The Bertz CT molecular complexity index is 836. The zero-order chi connectivity index (χ0) is 19.5. The van der Waals surface area contributed by atoms with E-state index < -0.39 is 0 Å². The minimum atomic E-state index is -0.0745. The average Bonchev–Trinajstić information content (AvgIpc) is 3.12. The minimum absolute atomic E-state index is 0. The molecule has 2 fully saturated rings. The highest BCUT2D eigenvalue weighted by Gasteiger charge is 2.38. The van der Waals surface area contributed by atoms with E-state index in [-0.39, 0.29) is 30.3 Å². The maximum atomic E-state index is 12.9. The van der Waals surface area contributed by atoms with Crippen molar-refractivity contribution in [2.75, 3.05) is 43.4 Å². The molecule has 6 nitrogen and oxygen atoms in total. The number of amides is 2. The molecule has 2 N–H and O–H groups in total. The molecule has 0 spiro atoms. The van der Waals surface area contributed by atoms with Gasteiger partial charge in [-0.3, -0.25) is 14.5 Å². The van der Waals surface area contributed by atoms with Crippen LogP contribution in [0.15, 0.2) is 54.6 Å². The molecule has 2 saturated heterocycles. The number of halogens is 1. The lowest BCUT2D eigenvalue weighted by Crippen LogP contribution is -2.54. The summed E-state index contributed by atoms with van der Waals surface area (Å²) in [4.78, 5) is 31.5. The molecule has 0 bridgehead atoms. The van der Waals surface area contributed by atoms with Gasteiger partial charge in [0, 0.05) is 44.1 Å². The van der Waals surface area contributed by atoms with Crippen LogP contribution in [0, 0.1) is 0 Å². The Morgan fingerprint density at radius 2 is 1.59 bits per heavy atom. The van der Waals surface area contributed by atoms with Crippen LogP contribution in [-0.2, 0) is 16.0 Å². The summed E-state index contributed by atoms with van der Waals surface area (Å²) < 4.78 is 0. The molecule has 0 aromatic heterocycles. The zero-order valence-electron chi connectivity index (χ0n) is 16.4. The Balaban J connectivity index is 0.00000240. The minimum Gasteiger partial charge on any atom is -0.399 e. The lowest BCUT2D eigenvalue weighted by Gasteiger charge is -2.37. The predicted octanol–water partition coefficient (Wildman–Crippen LogP) is 2.18. The van der Waals surface area contributed by atoms with Gasteiger partial charge in [0.2, 0.25) is 11.8 Å². The second kappa shape index (κ2) is 9.29. The smallest absolute Gasteiger partial charge is 0.244 e. The number of nitrogens with zero attached hydrogens (tertiary/aromatic N) is 3. The molecule has 7 heteroatoms. The van der Waals surface area contributed by atoms with Gasteiger partial charge in [0.1, 0.15) is 0 Å². The fourth-order valence-corrected chi connectivity index (χ4v) is 4.07. The van der Waals surface area contributed by atoms with Gasteiger partial charge in [-0.05, 0) is 36.2 Å². The van der Waals surface area contributed by atoms with Crippen LogP contribution in [0.2, 0.25) is 0 Å². The molecule has 2 aromatic rings. The van der Waals surface area contributed by atoms with Crippen molar-refractivity contribution in [2.45, 2.75) is 18.9 Å². The second-order valence-electron chi connectivity index (χ2n) is 7.47. The normalized spacial score (nSPS) is 19.9. The maximum absolute atomic E-state index is 12.9. The maximum Gasteiger partial charge on any atom is 0.244 e. The molecule has 2 aromatic carbocycles. The molecule has 2 heterocycles. The van der Waals surface area contributed by atoms with E-state index in [9.17, 15) is 9.59 Å². The summed E-state index contributed by atoms with van der Waals surface area (Å²) in [6.07, 6.45) is 1.23. The van der Waals surface area contributed by atoms with Crippen molar-refractivity contribution in [1.29, 1.82) is 0 Å². The first kappa shape index (κ1) is 21.1. The lowest BCUT2D eigenvalue weighted by molar-refractivity contribution is -0.133. The number of benzene rings is 2. The third-order valence-corrected chi connectivity index (χ3v) is 5.69. The van der Waals surface area contributed by atoms with Gasteiger partial charge in [-0.2, -0.15) is 0 Å². The molecule has 2 aliphatic rings. The van der Waals surface area contributed by atoms with Gasteiger partial charge in [0.05, 0.1) is 12.5 Å². The zero-order valence-corrected chi connectivity index (χ0v) is 17.2. The first-order valence-electron chi connectivity index (χ1n) is 9.84. The van der Waals surface area contributed by atoms with Crippen LogP contribution >= 0.6 is 12.4 Å². The molecule has 2 aliphatic heterocycles. The van der Waals surface area contributed by atoms with Gasteiger partial charge in [0.15, 0.2) is 0 Å². The van der Waals surface area contributed by atoms with E-state index >= 15 is 0 Å². The highest BCUT2D eigenvalue weighted by Crippen LogP contribution is 2.25. The lowest BCUT2D eigenvalue weighted by atomic mass is 10.1. The van der Waals surface area contributed by atoms with Gasteiger partial charge in [0.25, 0.3) is 0 Å². The predicted molar refractivity (Wildman–Crippen MR) is 117 cm³/mol. The molecule has 0 radical (unpaired) electrons. The summed E-state index contributed by atoms with van der Waals surface area (Å²) in [7, 11) is 0. The van der Waals surface area contributed by atoms with E-state index in [1.54, 1.807) is 0 Å². The van der Waals surface area contributed by atoms with E-state index in [4.69, 9.17) is 5.73 Å². The van der Waals surface area contributed by atoms with Gasteiger partial charge in [-0.1, -0.05) is 30.3 Å². The van der Waals surface area contributed by atoms with Crippen molar-refractivity contribution in [3.63, 3.8) is 0 Å². The summed E-state index contributed by atoms with van der Waals surface area (Å²) >= 11 is 0. The molecule has 1 atom stereocenters. The standard InChI is InChI=1S/C22H26N4O2.ClH/c23-18-8-6-17(7-9-18)16-21(27)25-14-12-24(13-15-25)20-10-11-26(22(20)28)19-4-2-1-3-5-19;/h1-9,20H,10-16,23H2;1H. The van der Waals surface area contributed by atoms with Crippen LogP contribution in [0.25, 0.3) is 0 Å². The molecule has 1 unspecified atom stereocenters. The topological polar surface area (TPSA) is 69.9 Å². The first-order valence-corrected chi connectivity index (χ1v) is 9.84. The number of carbonyl (C=O) groups is 2. The monoisotopic (exact) mass is 414 g/mol. The Morgan fingerprint density at radius 1 is 0.931 bits per heavy atom. The third-order valence-electron chi connectivity index (χ3n) is 5.69. The Kier molecular flexibility index (Phi) is 6.77. The van der Waals surface area contributed by atoms with Crippen molar-refractivity contribution in [2.24, 2.45) is 0 Å². The summed E-state index contributed by atoms with van der Waals surface area (Å²) in [5.41, 5.74) is 8.35. The number of para-hydroxylation sites is 1. The fraction of sp³-hybridized carbons (Fsp3) is 0.364. The van der Waals surface area contributed by atoms with Gasteiger partial charge in [-0.25, -0.2) is 0 Å².